The van der Waals surface area contributed by atoms with Crippen molar-refractivity contribution in [1.29, 1.82) is 0 Å². The van der Waals surface area contributed by atoms with Crippen LogP contribution >= 0.6 is 0 Å². The number of carbonyl (C=O) groups excluding carboxylic acids is 1. The van der Waals surface area contributed by atoms with Gasteiger partial charge in [0.25, 0.3) is 0 Å². The minimum Gasteiger partial charge on any atom is -0.396 e. The molecule has 0 aromatic heterocycles. The summed E-state index contributed by atoms with van der Waals surface area (Å²) in [6.45, 7) is 5.03. The molecule has 0 heterocycles. The lowest BCUT2D eigenvalue weighted by Crippen LogP contribution is -2.29. The summed E-state index contributed by atoms with van der Waals surface area (Å²) in [5, 5.41) is 11.7. The molecule has 0 aliphatic carbocycles. The number of hydrogen-bond acceptors (Lipinski definition) is 2. The van der Waals surface area contributed by atoms with Gasteiger partial charge in [0, 0.05) is 13.2 Å². The Morgan fingerprint density at radius 3 is 2.50 bits per heavy atom. The van der Waals surface area contributed by atoms with Crippen LogP contribution in [0.25, 0.3) is 0 Å². The third-order valence-corrected chi connectivity index (χ3v) is 3.48. The predicted molar refractivity (Wildman–Crippen MR) is 82.6 cm³/mol. The molecule has 112 valence electrons. The number of carbonyl (C=O) groups is 1. The van der Waals surface area contributed by atoms with Crippen molar-refractivity contribution in [2.24, 2.45) is 5.92 Å². The molecule has 1 aromatic rings. The molecular formula is C17H27NO2. The molecule has 2 N–H and O–H groups in total. The molecule has 3 nitrogen and oxygen atoms in total. The Kier molecular flexibility index (Phi) is 7.97. The van der Waals surface area contributed by atoms with Crippen LogP contribution < -0.4 is 5.32 Å². The fourth-order valence-electron chi connectivity index (χ4n) is 2.06. The summed E-state index contributed by atoms with van der Waals surface area (Å²) in [5.74, 6) is 0.372. The Bertz CT molecular complexity index is 386. The maximum atomic E-state index is 11.8. The Morgan fingerprint density at radius 2 is 1.90 bits per heavy atom. The smallest absolute Gasteiger partial charge is 0.224 e. The molecule has 1 atom stereocenters. The van der Waals surface area contributed by atoms with Crippen LogP contribution in [0.1, 0.15) is 44.2 Å². The third-order valence-electron chi connectivity index (χ3n) is 3.48. The summed E-state index contributed by atoms with van der Waals surface area (Å²) >= 11 is 0. The van der Waals surface area contributed by atoms with Gasteiger partial charge in [-0.1, -0.05) is 44.5 Å². The SMILES string of the molecule is CCCCc1ccc(CC(=O)NCC(C)CCO)cc1. The van der Waals surface area contributed by atoms with Gasteiger partial charge >= 0.3 is 0 Å². The first-order valence-corrected chi connectivity index (χ1v) is 7.61. The van der Waals surface area contributed by atoms with Crippen LogP contribution in [0.2, 0.25) is 0 Å². The fourth-order valence-corrected chi connectivity index (χ4v) is 2.06. The Hall–Kier alpha value is -1.35. The van der Waals surface area contributed by atoms with Gasteiger partial charge in [-0.3, -0.25) is 4.79 Å². The van der Waals surface area contributed by atoms with Gasteiger partial charge in [0.1, 0.15) is 0 Å². The number of amides is 1. The lowest BCUT2D eigenvalue weighted by Gasteiger charge is -2.11. The van der Waals surface area contributed by atoms with Gasteiger partial charge in [0.15, 0.2) is 0 Å². The fraction of sp³-hybridized carbons (Fsp3) is 0.588. The van der Waals surface area contributed by atoms with Crippen molar-refractivity contribution in [2.75, 3.05) is 13.2 Å². The van der Waals surface area contributed by atoms with Crippen molar-refractivity contribution in [3.05, 3.63) is 35.4 Å². The highest BCUT2D eigenvalue weighted by molar-refractivity contribution is 5.78. The number of hydrogen-bond donors (Lipinski definition) is 2. The molecule has 3 heteroatoms. The van der Waals surface area contributed by atoms with Crippen LogP contribution in [0.4, 0.5) is 0 Å². The van der Waals surface area contributed by atoms with Crippen molar-refractivity contribution < 1.29 is 9.90 Å². The standard InChI is InChI=1S/C17H27NO2/c1-3-4-5-15-6-8-16(9-7-15)12-17(20)18-13-14(2)10-11-19/h6-9,14,19H,3-5,10-13H2,1-2H3,(H,18,20). The largest absolute Gasteiger partial charge is 0.396 e. The maximum absolute atomic E-state index is 11.8. The topological polar surface area (TPSA) is 49.3 Å². The molecule has 1 amide bonds. The van der Waals surface area contributed by atoms with Crippen molar-refractivity contribution in [3.63, 3.8) is 0 Å². The molecule has 0 fully saturated rings. The molecule has 1 aromatic carbocycles. The van der Waals surface area contributed by atoms with Crippen molar-refractivity contribution in [2.45, 2.75) is 46.0 Å². The van der Waals surface area contributed by atoms with E-state index in [9.17, 15) is 4.79 Å². The summed E-state index contributed by atoms with van der Waals surface area (Å²) in [7, 11) is 0. The first-order chi connectivity index (χ1) is 9.65. The summed E-state index contributed by atoms with van der Waals surface area (Å²) in [4.78, 5) is 11.8. The van der Waals surface area contributed by atoms with Gasteiger partial charge in [-0.15, -0.1) is 0 Å². The molecule has 0 spiro atoms. The lowest BCUT2D eigenvalue weighted by atomic mass is 10.0. The summed E-state index contributed by atoms with van der Waals surface area (Å²) < 4.78 is 0. The average Bonchev–Trinajstić information content (AvgIpc) is 2.45. The zero-order chi connectivity index (χ0) is 14.8. The van der Waals surface area contributed by atoms with Gasteiger partial charge in [0.05, 0.1) is 6.42 Å². The van der Waals surface area contributed by atoms with E-state index in [-0.39, 0.29) is 12.5 Å². The lowest BCUT2D eigenvalue weighted by molar-refractivity contribution is -0.120. The van der Waals surface area contributed by atoms with E-state index in [1.807, 2.05) is 19.1 Å². The highest BCUT2D eigenvalue weighted by atomic mass is 16.3. The Morgan fingerprint density at radius 1 is 1.25 bits per heavy atom. The summed E-state index contributed by atoms with van der Waals surface area (Å²) in [6, 6.07) is 8.32. The Balaban J connectivity index is 2.34. The molecule has 1 unspecified atom stereocenters. The molecule has 0 aliphatic heterocycles. The quantitative estimate of drug-likeness (QED) is 0.729. The van der Waals surface area contributed by atoms with Gasteiger partial charge in [0.2, 0.25) is 5.91 Å². The molecule has 0 radical (unpaired) electrons. The number of unbranched alkanes of at least 4 members (excludes halogenated alkanes) is 1. The molecule has 0 saturated carbocycles. The van der Waals surface area contributed by atoms with E-state index >= 15 is 0 Å². The highest BCUT2D eigenvalue weighted by Crippen LogP contribution is 2.08. The molecule has 20 heavy (non-hydrogen) atoms. The first kappa shape index (κ1) is 16.7. The van der Waals surface area contributed by atoms with Crippen molar-refractivity contribution >= 4 is 5.91 Å². The van der Waals surface area contributed by atoms with Gasteiger partial charge < -0.3 is 10.4 Å². The minimum atomic E-state index is 0.0519. The van der Waals surface area contributed by atoms with Gasteiger partial charge in [-0.2, -0.15) is 0 Å². The normalized spacial score (nSPS) is 12.2. The average molecular weight is 277 g/mol. The molecule has 0 saturated heterocycles. The monoisotopic (exact) mass is 277 g/mol. The van der Waals surface area contributed by atoms with E-state index in [0.29, 0.717) is 18.9 Å². The number of aryl methyl sites for hydroxylation is 1. The van der Waals surface area contributed by atoms with E-state index in [1.165, 1.54) is 18.4 Å². The minimum absolute atomic E-state index is 0.0519. The van der Waals surface area contributed by atoms with E-state index in [1.54, 1.807) is 0 Å². The Labute approximate surface area is 122 Å². The van der Waals surface area contributed by atoms with Crippen LogP contribution in [0.3, 0.4) is 0 Å². The van der Waals surface area contributed by atoms with Crippen LogP contribution in [0.15, 0.2) is 24.3 Å². The maximum Gasteiger partial charge on any atom is 0.224 e. The number of rotatable bonds is 9. The van der Waals surface area contributed by atoms with Crippen LogP contribution in [-0.4, -0.2) is 24.2 Å². The molecule has 0 aliphatic rings. The van der Waals surface area contributed by atoms with E-state index in [4.69, 9.17) is 5.11 Å². The van der Waals surface area contributed by atoms with Crippen LogP contribution in [-0.2, 0) is 17.6 Å². The number of aliphatic hydroxyl groups excluding tert-OH is 1. The third kappa shape index (κ3) is 6.71. The summed E-state index contributed by atoms with van der Waals surface area (Å²) in [5.41, 5.74) is 2.39. The van der Waals surface area contributed by atoms with Crippen molar-refractivity contribution in [3.8, 4) is 0 Å². The second-order valence-electron chi connectivity index (χ2n) is 5.52. The predicted octanol–water partition coefficient (Wildman–Crippen LogP) is 2.71. The van der Waals surface area contributed by atoms with Crippen molar-refractivity contribution in [1.82, 2.24) is 5.32 Å². The first-order valence-electron chi connectivity index (χ1n) is 7.61. The number of benzene rings is 1. The van der Waals surface area contributed by atoms with E-state index in [2.05, 4.69) is 24.4 Å². The zero-order valence-electron chi connectivity index (χ0n) is 12.7. The highest BCUT2D eigenvalue weighted by Gasteiger charge is 2.06. The van der Waals surface area contributed by atoms with Crippen LogP contribution in [0.5, 0.6) is 0 Å². The van der Waals surface area contributed by atoms with Gasteiger partial charge in [-0.25, -0.2) is 0 Å². The van der Waals surface area contributed by atoms with Crippen LogP contribution in [0, 0.1) is 5.92 Å². The van der Waals surface area contributed by atoms with E-state index in [0.717, 1.165) is 18.4 Å². The second-order valence-corrected chi connectivity index (χ2v) is 5.52. The van der Waals surface area contributed by atoms with Gasteiger partial charge in [-0.05, 0) is 36.3 Å². The molecule has 0 bridgehead atoms. The molecule has 1 rings (SSSR count). The number of nitrogens with one attached hydrogen (secondary N) is 1. The molecular weight excluding hydrogens is 250 g/mol. The van der Waals surface area contributed by atoms with E-state index < -0.39 is 0 Å². The second kappa shape index (κ2) is 9.54. The number of aliphatic hydroxyl groups is 1. The zero-order valence-corrected chi connectivity index (χ0v) is 12.7. The summed E-state index contributed by atoms with van der Waals surface area (Å²) in [6.07, 6.45) is 4.69.